The molecule has 0 aromatic heterocycles. The van der Waals surface area contributed by atoms with E-state index in [1.807, 2.05) is 0 Å². The van der Waals surface area contributed by atoms with Gasteiger partial charge in [0.2, 0.25) is 0 Å². The fourth-order valence-corrected chi connectivity index (χ4v) is 2.47. The predicted molar refractivity (Wildman–Crippen MR) is 63.6 cm³/mol. The predicted octanol–water partition coefficient (Wildman–Crippen LogP) is 2.70. The number of hydrogen-bond acceptors (Lipinski definition) is 2. The van der Waals surface area contributed by atoms with E-state index in [9.17, 15) is 0 Å². The Balaban J connectivity index is 2.40. The molecule has 0 bridgehead atoms. The minimum Gasteiger partial charge on any atom is -0.382 e. The molecule has 0 amide bonds. The average Bonchev–Trinajstić information content (AvgIpc) is 2.15. The zero-order valence-electron chi connectivity index (χ0n) is 8.26. The van der Waals surface area contributed by atoms with Crippen LogP contribution in [0.15, 0.2) is 22.7 Å². The summed E-state index contributed by atoms with van der Waals surface area (Å²) in [5, 5.41) is 3.48. The largest absolute Gasteiger partial charge is 0.382 e. The Morgan fingerprint density at radius 2 is 2.36 bits per heavy atom. The van der Waals surface area contributed by atoms with E-state index in [0.29, 0.717) is 12.0 Å². The van der Waals surface area contributed by atoms with Crippen LogP contribution in [-0.4, -0.2) is 12.6 Å². The van der Waals surface area contributed by atoms with E-state index >= 15 is 0 Å². The first-order valence-corrected chi connectivity index (χ1v) is 5.76. The molecule has 76 valence electrons. The zero-order valence-corrected chi connectivity index (χ0v) is 9.84. The molecular weight excluding hydrogens is 240 g/mol. The molecule has 2 nitrogen and oxygen atoms in total. The Morgan fingerprint density at radius 3 is 3.07 bits per heavy atom. The van der Waals surface area contributed by atoms with Crippen LogP contribution in [-0.2, 0) is 0 Å². The van der Waals surface area contributed by atoms with Crippen molar-refractivity contribution < 1.29 is 0 Å². The summed E-state index contributed by atoms with van der Waals surface area (Å²) in [7, 11) is 0. The average molecular weight is 255 g/mol. The molecule has 3 N–H and O–H groups in total. The molecule has 0 saturated heterocycles. The summed E-state index contributed by atoms with van der Waals surface area (Å²) >= 11 is 3.48. The topological polar surface area (TPSA) is 38.0 Å². The molecule has 0 spiro atoms. The standard InChI is InChI=1S/C11H15BrN2/c1-7-4-8(6-13)10-3-2-9(12)5-11(10)14-7/h2-3,5,7-8,14H,4,6,13H2,1H3. The molecule has 1 aliphatic rings. The maximum absolute atomic E-state index is 5.78. The van der Waals surface area contributed by atoms with Crippen LogP contribution in [0.5, 0.6) is 0 Å². The smallest absolute Gasteiger partial charge is 0.0389 e. The molecule has 0 fully saturated rings. The van der Waals surface area contributed by atoms with Crippen molar-refractivity contribution in [1.82, 2.24) is 0 Å². The summed E-state index contributed by atoms with van der Waals surface area (Å²) in [4.78, 5) is 0. The molecule has 2 unspecified atom stereocenters. The second-order valence-corrected chi connectivity index (χ2v) is 4.86. The van der Waals surface area contributed by atoms with Crippen LogP contribution in [0.3, 0.4) is 0 Å². The van der Waals surface area contributed by atoms with E-state index in [1.165, 1.54) is 11.3 Å². The molecule has 2 rings (SSSR count). The minimum atomic E-state index is 0.509. The van der Waals surface area contributed by atoms with Crippen LogP contribution in [0.2, 0.25) is 0 Å². The lowest BCUT2D eigenvalue weighted by atomic mass is 9.88. The van der Waals surface area contributed by atoms with Crippen molar-refractivity contribution in [3.8, 4) is 0 Å². The van der Waals surface area contributed by atoms with Crippen LogP contribution in [0.1, 0.15) is 24.8 Å². The van der Waals surface area contributed by atoms with E-state index in [-0.39, 0.29) is 0 Å². The lowest BCUT2D eigenvalue weighted by Gasteiger charge is -2.30. The van der Waals surface area contributed by atoms with Gasteiger partial charge in [-0.3, -0.25) is 0 Å². The van der Waals surface area contributed by atoms with Crippen molar-refractivity contribution in [2.75, 3.05) is 11.9 Å². The van der Waals surface area contributed by atoms with Crippen molar-refractivity contribution in [2.24, 2.45) is 5.73 Å². The molecule has 1 aliphatic heterocycles. The van der Waals surface area contributed by atoms with E-state index in [0.717, 1.165) is 17.4 Å². The van der Waals surface area contributed by atoms with Crippen LogP contribution < -0.4 is 11.1 Å². The van der Waals surface area contributed by atoms with Crippen molar-refractivity contribution in [3.63, 3.8) is 0 Å². The first-order valence-electron chi connectivity index (χ1n) is 4.96. The first-order chi connectivity index (χ1) is 6.70. The number of nitrogens with two attached hydrogens (primary N) is 1. The summed E-state index contributed by atoms with van der Waals surface area (Å²) in [6.07, 6.45) is 1.13. The van der Waals surface area contributed by atoms with Gasteiger partial charge in [0.1, 0.15) is 0 Å². The van der Waals surface area contributed by atoms with Crippen LogP contribution in [0.25, 0.3) is 0 Å². The summed E-state index contributed by atoms with van der Waals surface area (Å²) in [6, 6.07) is 6.90. The lowest BCUT2D eigenvalue weighted by molar-refractivity contribution is 0.561. The maximum Gasteiger partial charge on any atom is 0.0389 e. The van der Waals surface area contributed by atoms with E-state index < -0.39 is 0 Å². The molecule has 0 saturated carbocycles. The molecule has 1 aromatic carbocycles. The van der Waals surface area contributed by atoms with Crippen LogP contribution in [0.4, 0.5) is 5.69 Å². The van der Waals surface area contributed by atoms with Crippen molar-refractivity contribution >= 4 is 21.6 Å². The highest BCUT2D eigenvalue weighted by molar-refractivity contribution is 9.10. The number of hydrogen-bond donors (Lipinski definition) is 2. The second-order valence-electron chi connectivity index (χ2n) is 3.95. The molecule has 3 heteroatoms. The van der Waals surface area contributed by atoms with Gasteiger partial charge in [0.15, 0.2) is 0 Å². The minimum absolute atomic E-state index is 0.509. The SMILES string of the molecule is CC1CC(CN)c2ccc(Br)cc2N1. The monoisotopic (exact) mass is 254 g/mol. The highest BCUT2D eigenvalue weighted by atomic mass is 79.9. The first kappa shape index (κ1) is 9.99. The second kappa shape index (κ2) is 3.91. The van der Waals surface area contributed by atoms with Crippen molar-refractivity contribution in [3.05, 3.63) is 28.2 Å². The summed E-state index contributed by atoms with van der Waals surface area (Å²) in [5.74, 6) is 0.509. The van der Waals surface area contributed by atoms with Gasteiger partial charge in [-0.15, -0.1) is 0 Å². The third kappa shape index (κ3) is 1.79. The number of halogens is 1. The van der Waals surface area contributed by atoms with Gasteiger partial charge in [-0.05, 0) is 37.6 Å². The Kier molecular flexibility index (Phi) is 2.79. The molecule has 2 atom stereocenters. The number of fused-ring (bicyclic) bond motifs is 1. The zero-order chi connectivity index (χ0) is 10.1. The Bertz CT molecular complexity index is 338. The Labute approximate surface area is 93.0 Å². The van der Waals surface area contributed by atoms with Gasteiger partial charge >= 0.3 is 0 Å². The quantitative estimate of drug-likeness (QED) is 0.809. The van der Waals surface area contributed by atoms with Crippen molar-refractivity contribution in [1.29, 1.82) is 0 Å². The molecule has 0 aliphatic carbocycles. The van der Waals surface area contributed by atoms with Gasteiger partial charge in [0, 0.05) is 22.1 Å². The summed E-state index contributed by atoms with van der Waals surface area (Å²) < 4.78 is 1.12. The van der Waals surface area contributed by atoms with E-state index in [1.54, 1.807) is 0 Å². The maximum atomic E-state index is 5.78. The van der Waals surface area contributed by atoms with Gasteiger partial charge in [0.05, 0.1) is 0 Å². The Hall–Kier alpha value is -0.540. The number of benzene rings is 1. The van der Waals surface area contributed by atoms with E-state index in [2.05, 4.69) is 46.4 Å². The van der Waals surface area contributed by atoms with Gasteiger partial charge in [-0.25, -0.2) is 0 Å². The molecule has 14 heavy (non-hydrogen) atoms. The summed E-state index contributed by atoms with van der Waals surface area (Å²) in [6.45, 7) is 2.94. The fourth-order valence-electron chi connectivity index (χ4n) is 2.11. The molecule has 1 aromatic rings. The van der Waals surface area contributed by atoms with Crippen LogP contribution >= 0.6 is 15.9 Å². The highest BCUT2D eigenvalue weighted by Crippen LogP contribution is 2.35. The lowest BCUT2D eigenvalue weighted by Crippen LogP contribution is -2.28. The molecule has 1 heterocycles. The fraction of sp³-hybridized carbons (Fsp3) is 0.455. The normalized spacial score (nSPS) is 25.4. The third-order valence-electron chi connectivity index (χ3n) is 2.78. The highest BCUT2D eigenvalue weighted by Gasteiger charge is 2.22. The molecular formula is C11H15BrN2. The number of anilines is 1. The van der Waals surface area contributed by atoms with Crippen LogP contribution in [0, 0.1) is 0 Å². The van der Waals surface area contributed by atoms with E-state index in [4.69, 9.17) is 5.73 Å². The number of rotatable bonds is 1. The van der Waals surface area contributed by atoms with Gasteiger partial charge in [0.25, 0.3) is 0 Å². The van der Waals surface area contributed by atoms with Crippen molar-refractivity contribution in [2.45, 2.75) is 25.3 Å². The third-order valence-corrected chi connectivity index (χ3v) is 3.27. The van der Waals surface area contributed by atoms with Gasteiger partial charge < -0.3 is 11.1 Å². The van der Waals surface area contributed by atoms with Gasteiger partial charge in [-0.2, -0.15) is 0 Å². The van der Waals surface area contributed by atoms with Gasteiger partial charge in [-0.1, -0.05) is 22.0 Å². The Morgan fingerprint density at radius 1 is 1.57 bits per heavy atom. The number of nitrogens with one attached hydrogen (secondary N) is 1. The molecule has 0 radical (unpaired) electrons. The summed E-state index contributed by atoms with van der Waals surface area (Å²) in [5.41, 5.74) is 8.36.